The third-order valence-corrected chi connectivity index (χ3v) is 9.30. The normalized spacial score (nSPS) is 17.8. The first-order valence-corrected chi connectivity index (χ1v) is 17.6. The van der Waals surface area contributed by atoms with Crippen LogP contribution in [0.2, 0.25) is 5.02 Å². The molecule has 0 saturated carbocycles. The number of ether oxygens (including phenoxy) is 5. The summed E-state index contributed by atoms with van der Waals surface area (Å²) in [5.41, 5.74) is 2.48. The molecule has 0 radical (unpaired) electrons. The number of aromatic nitrogens is 1. The van der Waals surface area contributed by atoms with Gasteiger partial charge in [0.15, 0.2) is 29.7 Å². The highest BCUT2D eigenvalue weighted by Gasteiger charge is 2.37. The first kappa shape index (κ1) is 37.3. The number of amides is 3. The Bertz CT molecular complexity index is 1920. The number of hydrogen-bond acceptors (Lipinski definition) is 11. The SMILES string of the molecule is COCCNc1noc(-c2ccc(Cl)cc2)c1C(=O)N1CC[C@@H]2Oc3ccc(c(OC)c3)CNC(=O)CCc3ccc(OC)c(c3)OCC(=O)N[C@@H]2C1. The van der Waals surface area contributed by atoms with Crippen LogP contribution in [0.15, 0.2) is 65.2 Å². The van der Waals surface area contributed by atoms with Crippen LogP contribution in [0.5, 0.6) is 23.0 Å². The highest BCUT2D eigenvalue weighted by molar-refractivity contribution is 6.30. The fraction of sp³-hybridized carbons (Fsp3) is 0.368. The van der Waals surface area contributed by atoms with Gasteiger partial charge in [-0.1, -0.05) is 22.8 Å². The molecule has 3 aliphatic rings. The molecular formula is C38H42ClN5O9. The Labute approximate surface area is 312 Å². The van der Waals surface area contributed by atoms with Crippen LogP contribution >= 0.6 is 11.6 Å². The van der Waals surface area contributed by atoms with Gasteiger partial charge in [0, 0.05) is 68.3 Å². The maximum Gasteiger partial charge on any atom is 0.261 e. The number of nitrogens with zero attached hydrogens (tertiary/aromatic N) is 2. The summed E-state index contributed by atoms with van der Waals surface area (Å²) in [5, 5.41) is 13.9. The van der Waals surface area contributed by atoms with E-state index >= 15 is 0 Å². The van der Waals surface area contributed by atoms with Crippen molar-refractivity contribution in [2.24, 2.45) is 0 Å². The standard InChI is InChI=1S/C38H42ClN5O9/c1-48-17-15-40-37-35(36(53-43-37)24-6-9-26(39)10-7-24)38(47)44-16-14-29-28(21-44)42-34(46)22-51-32-18-23(4-12-30(32)49-2)5-13-33(45)41-20-25-8-11-27(52-29)19-31(25)50-3/h4,6-12,18-19,28-29H,5,13-17,20-22H2,1-3H3,(H,40,43)(H,41,45)(H,42,46)/t28-,29+/m1/s1. The van der Waals surface area contributed by atoms with Crippen molar-refractivity contribution in [1.29, 1.82) is 0 Å². The molecule has 280 valence electrons. The molecule has 7 rings (SSSR count). The number of rotatable bonds is 8. The Kier molecular flexibility index (Phi) is 12.2. The van der Waals surface area contributed by atoms with Crippen LogP contribution < -0.4 is 34.9 Å². The summed E-state index contributed by atoms with van der Waals surface area (Å²) in [7, 11) is 4.65. The molecule has 1 aromatic heterocycles. The molecule has 0 aliphatic carbocycles. The molecule has 3 N–H and O–H groups in total. The van der Waals surface area contributed by atoms with Crippen LogP contribution in [0.4, 0.5) is 5.82 Å². The maximum atomic E-state index is 14.4. The molecule has 0 spiro atoms. The van der Waals surface area contributed by atoms with E-state index in [1.165, 1.54) is 7.11 Å². The lowest BCUT2D eigenvalue weighted by Crippen LogP contribution is -2.58. The molecule has 2 atom stereocenters. The summed E-state index contributed by atoms with van der Waals surface area (Å²) in [6.07, 6.45) is 0.540. The molecule has 3 amide bonds. The van der Waals surface area contributed by atoms with E-state index in [1.54, 1.807) is 67.7 Å². The van der Waals surface area contributed by atoms with Gasteiger partial charge in [-0.3, -0.25) is 14.4 Å². The highest BCUT2D eigenvalue weighted by Crippen LogP contribution is 2.34. The minimum atomic E-state index is -0.646. The number of piperidine rings is 1. The number of anilines is 1. The third-order valence-electron chi connectivity index (χ3n) is 9.04. The van der Waals surface area contributed by atoms with Crippen molar-refractivity contribution in [2.75, 3.05) is 59.5 Å². The minimum absolute atomic E-state index is 0.109. The molecule has 53 heavy (non-hydrogen) atoms. The number of carbonyl (C=O) groups excluding carboxylic acids is 3. The van der Waals surface area contributed by atoms with E-state index in [0.29, 0.717) is 66.1 Å². The van der Waals surface area contributed by atoms with Crippen molar-refractivity contribution in [1.82, 2.24) is 20.7 Å². The second-order valence-electron chi connectivity index (χ2n) is 12.6. The average molecular weight is 748 g/mol. The van der Waals surface area contributed by atoms with Gasteiger partial charge < -0.3 is 49.1 Å². The fourth-order valence-corrected chi connectivity index (χ4v) is 6.40. The van der Waals surface area contributed by atoms with Gasteiger partial charge in [0.05, 0.1) is 26.9 Å². The highest BCUT2D eigenvalue weighted by atomic mass is 35.5. The molecule has 14 nitrogen and oxygen atoms in total. The van der Waals surface area contributed by atoms with Crippen molar-refractivity contribution in [2.45, 2.75) is 38.0 Å². The zero-order valence-corrected chi connectivity index (χ0v) is 30.5. The van der Waals surface area contributed by atoms with Gasteiger partial charge in [0.25, 0.3) is 11.8 Å². The van der Waals surface area contributed by atoms with Gasteiger partial charge in [-0.2, -0.15) is 0 Å². The summed E-state index contributed by atoms with van der Waals surface area (Å²) in [4.78, 5) is 42.3. The smallest absolute Gasteiger partial charge is 0.261 e. The van der Waals surface area contributed by atoms with E-state index in [1.807, 2.05) is 12.1 Å². The Hall–Kier alpha value is -5.47. The van der Waals surface area contributed by atoms with Crippen LogP contribution in [0.25, 0.3) is 11.3 Å². The summed E-state index contributed by atoms with van der Waals surface area (Å²) in [6, 6.07) is 17.0. The number of nitrogens with one attached hydrogen (secondary N) is 3. The van der Waals surface area contributed by atoms with Crippen molar-refractivity contribution in [3.63, 3.8) is 0 Å². The Balaban J connectivity index is 1.30. The molecule has 4 heterocycles. The lowest BCUT2D eigenvalue weighted by molar-refractivity contribution is -0.125. The molecule has 3 aliphatic heterocycles. The van der Waals surface area contributed by atoms with E-state index in [4.69, 9.17) is 39.8 Å². The number of benzene rings is 3. The second kappa shape index (κ2) is 17.4. The summed E-state index contributed by atoms with van der Waals surface area (Å²) >= 11 is 6.14. The predicted molar refractivity (Wildman–Crippen MR) is 196 cm³/mol. The lowest BCUT2D eigenvalue weighted by atomic mass is 9.99. The van der Waals surface area contributed by atoms with Gasteiger partial charge in [0.2, 0.25) is 5.91 Å². The molecule has 15 heteroatoms. The quantitative estimate of drug-likeness (QED) is 0.218. The van der Waals surface area contributed by atoms with Crippen LogP contribution in [-0.2, 0) is 27.3 Å². The molecular weight excluding hydrogens is 706 g/mol. The molecule has 0 unspecified atom stereocenters. The third kappa shape index (κ3) is 9.13. The summed E-state index contributed by atoms with van der Waals surface area (Å²) in [5.74, 6) is 1.51. The monoisotopic (exact) mass is 747 g/mol. The average Bonchev–Trinajstić information content (AvgIpc) is 3.59. The number of likely N-dealkylation sites (tertiary alicyclic amines) is 1. The zero-order chi connectivity index (χ0) is 37.3. The minimum Gasteiger partial charge on any atom is -0.496 e. The molecule has 1 saturated heterocycles. The van der Waals surface area contributed by atoms with Gasteiger partial charge in [0.1, 0.15) is 23.2 Å². The van der Waals surface area contributed by atoms with Crippen LogP contribution in [0.1, 0.15) is 34.3 Å². The van der Waals surface area contributed by atoms with Crippen molar-refractivity contribution >= 4 is 35.1 Å². The summed E-state index contributed by atoms with van der Waals surface area (Å²) < 4.78 is 34.5. The Morgan fingerprint density at radius 3 is 2.58 bits per heavy atom. The van der Waals surface area contributed by atoms with E-state index < -0.39 is 18.1 Å². The van der Waals surface area contributed by atoms with E-state index in [2.05, 4.69) is 21.1 Å². The number of hydrogen-bond donors (Lipinski definition) is 3. The molecule has 3 aromatic carbocycles. The number of halogens is 1. The first-order chi connectivity index (χ1) is 25.8. The molecule has 1 fully saturated rings. The van der Waals surface area contributed by atoms with Gasteiger partial charge in [-0.15, -0.1) is 0 Å². The predicted octanol–water partition coefficient (Wildman–Crippen LogP) is 4.49. The van der Waals surface area contributed by atoms with E-state index in [0.717, 1.165) is 11.1 Å². The maximum absolute atomic E-state index is 14.4. The van der Waals surface area contributed by atoms with Crippen molar-refractivity contribution in [3.8, 4) is 34.3 Å². The van der Waals surface area contributed by atoms with Crippen LogP contribution in [0.3, 0.4) is 0 Å². The fourth-order valence-electron chi connectivity index (χ4n) is 6.27. The van der Waals surface area contributed by atoms with E-state index in [-0.39, 0.29) is 55.1 Å². The molecule has 4 bridgehead atoms. The Morgan fingerprint density at radius 1 is 1.00 bits per heavy atom. The lowest BCUT2D eigenvalue weighted by Gasteiger charge is -2.39. The van der Waals surface area contributed by atoms with Gasteiger partial charge in [-0.05, 0) is 60.5 Å². The molecule has 4 aromatic rings. The number of aryl methyl sites for hydroxylation is 1. The van der Waals surface area contributed by atoms with Crippen LogP contribution in [0, 0.1) is 0 Å². The number of methoxy groups -OCH3 is 3. The topological polar surface area (TPSA) is 163 Å². The zero-order valence-electron chi connectivity index (χ0n) is 29.7. The first-order valence-electron chi connectivity index (χ1n) is 17.2. The van der Waals surface area contributed by atoms with Gasteiger partial charge in [-0.25, -0.2) is 0 Å². The number of fused-ring (bicyclic) bond motifs is 9. The van der Waals surface area contributed by atoms with E-state index in [9.17, 15) is 14.4 Å². The van der Waals surface area contributed by atoms with Crippen molar-refractivity contribution < 1.29 is 42.6 Å². The summed E-state index contributed by atoms with van der Waals surface area (Å²) in [6.45, 7) is 1.12. The van der Waals surface area contributed by atoms with Crippen molar-refractivity contribution in [3.05, 3.63) is 82.4 Å². The van der Waals surface area contributed by atoms with Crippen LogP contribution in [-0.4, -0.2) is 94.1 Å². The Morgan fingerprint density at radius 2 is 1.81 bits per heavy atom. The largest absolute Gasteiger partial charge is 0.496 e. The second-order valence-corrected chi connectivity index (χ2v) is 13.0. The van der Waals surface area contributed by atoms with Gasteiger partial charge >= 0.3 is 0 Å². The number of carbonyl (C=O) groups is 3.